The van der Waals surface area contributed by atoms with E-state index in [1.165, 1.54) is 30.9 Å². The van der Waals surface area contributed by atoms with Crippen molar-refractivity contribution in [3.8, 4) is 51.0 Å². The minimum atomic E-state index is 0.551. The molecule has 0 aliphatic carbocycles. The Kier molecular flexibility index (Phi) is 7.03. The third kappa shape index (κ3) is 5.04. The van der Waals surface area contributed by atoms with Crippen molar-refractivity contribution in [3.05, 3.63) is 182 Å². The topological polar surface area (TPSA) is 56.7 Å². The molecular weight excluding hydrogens is 717 g/mol. The highest BCUT2D eigenvalue weighted by Crippen LogP contribution is 2.44. The smallest absolute Gasteiger partial charge is 0.167 e. The molecule has 12 rings (SSSR count). The number of hydrogen-bond acceptors (Lipinski definition) is 5. The number of aromatic nitrogens is 4. The van der Waals surface area contributed by atoms with Gasteiger partial charge in [0.1, 0.15) is 11.2 Å². The van der Waals surface area contributed by atoms with Crippen molar-refractivity contribution in [1.82, 2.24) is 19.5 Å². The van der Waals surface area contributed by atoms with Gasteiger partial charge in [-0.05, 0) is 53.6 Å². The second-order valence-electron chi connectivity index (χ2n) is 14.4. The standard InChI is InChI=1S/C51H30N4OS/c1-3-13-31(14-4-1)32-23-25-34(26-24-32)50-52-49(33-15-5-2-6-16-33)53-51(54-50)38-27-28-42(47-37-19-8-11-21-44(37)56-48(38)47)55-41-20-10-7-17-35(41)39-30-46-40(29-43(39)55)36-18-9-12-22-45(36)57-46/h1-30H. The van der Waals surface area contributed by atoms with Crippen LogP contribution in [-0.4, -0.2) is 19.5 Å². The monoisotopic (exact) mass is 746 g/mol. The molecular formula is C51H30N4OS. The van der Waals surface area contributed by atoms with Gasteiger partial charge in [0, 0.05) is 47.5 Å². The zero-order valence-corrected chi connectivity index (χ0v) is 31.2. The van der Waals surface area contributed by atoms with Crippen molar-refractivity contribution in [2.45, 2.75) is 0 Å². The average Bonchev–Trinajstić information content (AvgIpc) is 3.95. The molecule has 12 aromatic rings. The van der Waals surface area contributed by atoms with Crippen molar-refractivity contribution < 1.29 is 4.42 Å². The second-order valence-corrected chi connectivity index (χ2v) is 15.5. The first kappa shape index (κ1) is 31.9. The van der Waals surface area contributed by atoms with E-state index in [2.05, 4.69) is 138 Å². The lowest BCUT2D eigenvalue weighted by molar-refractivity contribution is 0.669. The summed E-state index contributed by atoms with van der Waals surface area (Å²) in [5.74, 6) is 1.75. The zero-order chi connectivity index (χ0) is 37.5. The average molecular weight is 747 g/mol. The summed E-state index contributed by atoms with van der Waals surface area (Å²) in [5.41, 5.74) is 9.80. The highest BCUT2D eigenvalue weighted by Gasteiger charge is 2.23. The summed E-state index contributed by atoms with van der Waals surface area (Å²) >= 11 is 1.85. The fraction of sp³-hybridized carbons (Fsp3) is 0. The first-order valence-electron chi connectivity index (χ1n) is 19.0. The van der Waals surface area contributed by atoms with E-state index in [-0.39, 0.29) is 0 Å². The summed E-state index contributed by atoms with van der Waals surface area (Å²) in [6, 6.07) is 63.7. The quantitative estimate of drug-likeness (QED) is 0.176. The zero-order valence-electron chi connectivity index (χ0n) is 30.4. The molecule has 0 atom stereocenters. The second kappa shape index (κ2) is 12.6. The number of thiophene rings is 1. The maximum Gasteiger partial charge on any atom is 0.167 e. The van der Waals surface area contributed by atoms with Crippen LogP contribution in [0.2, 0.25) is 0 Å². The van der Waals surface area contributed by atoms with Crippen molar-refractivity contribution in [3.63, 3.8) is 0 Å². The summed E-state index contributed by atoms with van der Waals surface area (Å²) in [6.45, 7) is 0. The predicted octanol–water partition coefficient (Wildman–Crippen LogP) is 13.9. The minimum absolute atomic E-state index is 0.551. The van der Waals surface area contributed by atoms with Crippen molar-refractivity contribution in [2.75, 3.05) is 0 Å². The lowest BCUT2D eigenvalue weighted by atomic mass is 10.0. The van der Waals surface area contributed by atoms with E-state index in [9.17, 15) is 0 Å². The molecule has 5 nitrogen and oxygen atoms in total. The fourth-order valence-corrected chi connectivity index (χ4v) is 9.53. The van der Waals surface area contributed by atoms with Crippen LogP contribution < -0.4 is 0 Å². The van der Waals surface area contributed by atoms with Gasteiger partial charge in [-0.3, -0.25) is 0 Å². The molecule has 0 amide bonds. The molecule has 0 radical (unpaired) electrons. The van der Waals surface area contributed by atoms with E-state index in [1.54, 1.807) is 0 Å². The molecule has 4 aromatic heterocycles. The van der Waals surface area contributed by atoms with Gasteiger partial charge in [0.15, 0.2) is 17.5 Å². The Hall–Kier alpha value is -7.41. The van der Waals surface area contributed by atoms with Gasteiger partial charge in [-0.1, -0.05) is 140 Å². The van der Waals surface area contributed by atoms with Crippen LogP contribution in [0.5, 0.6) is 0 Å². The van der Waals surface area contributed by atoms with Crippen LogP contribution in [0.3, 0.4) is 0 Å². The van der Waals surface area contributed by atoms with E-state index in [1.807, 2.05) is 59.9 Å². The van der Waals surface area contributed by atoms with Crippen LogP contribution >= 0.6 is 11.3 Å². The maximum atomic E-state index is 6.86. The molecule has 0 unspecified atom stereocenters. The van der Waals surface area contributed by atoms with E-state index in [0.29, 0.717) is 17.5 Å². The molecule has 0 N–H and O–H groups in total. The number of nitrogens with zero attached hydrogens (tertiary/aromatic N) is 4. The van der Waals surface area contributed by atoms with Crippen molar-refractivity contribution >= 4 is 75.3 Å². The number of rotatable bonds is 5. The summed E-state index contributed by atoms with van der Waals surface area (Å²) in [5, 5.41) is 7.02. The Morgan fingerprint density at radius 2 is 1.00 bits per heavy atom. The first-order chi connectivity index (χ1) is 28.2. The number of para-hydroxylation sites is 2. The Labute approximate surface area is 330 Å². The molecule has 0 aliphatic rings. The van der Waals surface area contributed by atoms with Gasteiger partial charge in [0.05, 0.1) is 27.7 Å². The van der Waals surface area contributed by atoms with Crippen molar-refractivity contribution in [2.24, 2.45) is 0 Å². The summed E-state index contributed by atoms with van der Waals surface area (Å²) in [6.07, 6.45) is 0. The van der Waals surface area contributed by atoms with Crippen LogP contribution in [0.1, 0.15) is 0 Å². The third-order valence-electron chi connectivity index (χ3n) is 11.1. The fourth-order valence-electron chi connectivity index (χ4n) is 8.40. The maximum absolute atomic E-state index is 6.86. The van der Waals surface area contributed by atoms with E-state index < -0.39 is 0 Å². The van der Waals surface area contributed by atoms with Crippen LogP contribution in [0.15, 0.2) is 186 Å². The molecule has 0 spiro atoms. The molecule has 4 heterocycles. The molecule has 8 aromatic carbocycles. The van der Waals surface area contributed by atoms with Crippen molar-refractivity contribution in [1.29, 1.82) is 0 Å². The molecule has 266 valence electrons. The number of fused-ring (bicyclic) bond motifs is 9. The Morgan fingerprint density at radius 1 is 0.404 bits per heavy atom. The first-order valence-corrected chi connectivity index (χ1v) is 19.8. The highest BCUT2D eigenvalue weighted by molar-refractivity contribution is 7.25. The summed E-state index contributed by atoms with van der Waals surface area (Å²) < 4.78 is 11.9. The lowest BCUT2D eigenvalue weighted by Crippen LogP contribution is -2.01. The van der Waals surface area contributed by atoms with Gasteiger partial charge in [0.25, 0.3) is 0 Å². The van der Waals surface area contributed by atoms with Gasteiger partial charge in [0.2, 0.25) is 0 Å². The number of hydrogen-bond donors (Lipinski definition) is 0. The van der Waals surface area contributed by atoms with Gasteiger partial charge in [-0.2, -0.15) is 0 Å². The predicted molar refractivity (Wildman–Crippen MR) is 236 cm³/mol. The summed E-state index contributed by atoms with van der Waals surface area (Å²) in [4.78, 5) is 15.4. The van der Waals surface area contributed by atoms with Crippen LogP contribution in [0.25, 0.3) is 115 Å². The molecule has 0 bridgehead atoms. The Balaban J connectivity index is 1.11. The minimum Gasteiger partial charge on any atom is -0.455 e. The van der Waals surface area contributed by atoms with Gasteiger partial charge in [-0.25, -0.2) is 15.0 Å². The molecule has 0 saturated heterocycles. The highest BCUT2D eigenvalue weighted by atomic mass is 32.1. The third-order valence-corrected chi connectivity index (χ3v) is 12.2. The van der Waals surface area contributed by atoms with E-state index in [0.717, 1.165) is 66.5 Å². The molecule has 0 fully saturated rings. The van der Waals surface area contributed by atoms with E-state index >= 15 is 0 Å². The van der Waals surface area contributed by atoms with Crippen LogP contribution in [0, 0.1) is 0 Å². The molecule has 6 heteroatoms. The van der Waals surface area contributed by atoms with Gasteiger partial charge < -0.3 is 8.98 Å². The largest absolute Gasteiger partial charge is 0.455 e. The SMILES string of the molecule is c1ccc(-c2ccc(-c3nc(-c4ccccc4)nc(-c4ccc(-n5c6ccccc6c6cc7sc8ccccc8c7cc65)c5c4oc4ccccc45)n3)cc2)cc1. The molecule has 0 aliphatic heterocycles. The van der Waals surface area contributed by atoms with Crippen LogP contribution in [-0.2, 0) is 0 Å². The number of furan rings is 1. The van der Waals surface area contributed by atoms with Gasteiger partial charge in [-0.15, -0.1) is 11.3 Å². The molecule has 0 saturated carbocycles. The molecule has 57 heavy (non-hydrogen) atoms. The summed E-state index contributed by atoms with van der Waals surface area (Å²) in [7, 11) is 0. The Morgan fingerprint density at radius 3 is 1.79 bits per heavy atom. The van der Waals surface area contributed by atoms with Crippen LogP contribution in [0.4, 0.5) is 0 Å². The van der Waals surface area contributed by atoms with Gasteiger partial charge >= 0.3 is 0 Å². The number of benzene rings is 8. The Bertz CT molecular complexity index is 3510. The lowest BCUT2D eigenvalue weighted by Gasteiger charge is -2.13. The normalized spacial score (nSPS) is 11.9. The van der Waals surface area contributed by atoms with E-state index in [4.69, 9.17) is 19.4 Å².